The van der Waals surface area contributed by atoms with E-state index < -0.39 is 0 Å². The van der Waals surface area contributed by atoms with E-state index in [4.69, 9.17) is 0 Å². The SMILES string of the molecule is Cc1cn(C)c(CNC(C)C)n1. The first-order chi connectivity index (χ1) is 5.59. The van der Waals surface area contributed by atoms with Crippen LogP contribution in [-0.2, 0) is 13.6 Å². The van der Waals surface area contributed by atoms with Crippen LogP contribution in [0.5, 0.6) is 0 Å². The lowest BCUT2D eigenvalue weighted by Crippen LogP contribution is -2.23. The fourth-order valence-electron chi connectivity index (χ4n) is 1.13. The molecule has 0 aliphatic rings. The van der Waals surface area contributed by atoms with Gasteiger partial charge >= 0.3 is 0 Å². The zero-order valence-corrected chi connectivity index (χ0v) is 8.26. The van der Waals surface area contributed by atoms with Crippen molar-refractivity contribution in [2.45, 2.75) is 33.4 Å². The number of imidazole rings is 1. The number of aromatic nitrogens is 2. The third kappa shape index (κ3) is 2.34. The van der Waals surface area contributed by atoms with Crippen LogP contribution in [0.1, 0.15) is 25.4 Å². The zero-order valence-electron chi connectivity index (χ0n) is 8.26. The molecule has 0 amide bonds. The lowest BCUT2D eigenvalue weighted by atomic mass is 10.4. The molecule has 12 heavy (non-hydrogen) atoms. The fourth-order valence-corrected chi connectivity index (χ4v) is 1.13. The van der Waals surface area contributed by atoms with Crippen molar-refractivity contribution in [3.8, 4) is 0 Å². The third-order valence-electron chi connectivity index (χ3n) is 1.76. The van der Waals surface area contributed by atoms with Crippen LogP contribution in [0.15, 0.2) is 6.20 Å². The molecular weight excluding hydrogens is 150 g/mol. The van der Waals surface area contributed by atoms with E-state index in [1.54, 1.807) is 0 Å². The summed E-state index contributed by atoms with van der Waals surface area (Å²) < 4.78 is 2.06. The van der Waals surface area contributed by atoms with E-state index in [-0.39, 0.29) is 0 Å². The Hall–Kier alpha value is -0.830. The van der Waals surface area contributed by atoms with Crippen LogP contribution >= 0.6 is 0 Å². The minimum Gasteiger partial charge on any atom is -0.337 e. The second-order valence-electron chi connectivity index (χ2n) is 3.45. The first-order valence-corrected chi connectivity index (χ1v) is 4.32. The number of nitrogens with zero attached hydrogens (tertiary/aromatic N) is 2. The summed E-state index contributed by atoms with van der Waals surface area (Å²) in [5.41, 5.74) is 1.08. The monoisotopic (exact) mass is 167 g/mol. The normalized spacial score (nSPS) is 11.1. The fraction of sp³-hybridized carbons (Fsp3) is 0.667. The van der Waals surface area contributed by atoms with Gasteiger partial charge in [-0.05, 0) is 6.92 Å². The minimum absolute atomic E-state index is 0.516. The molecular formula is C9H17N3. The highest BCUT2D eigenvalue weighted by Gasteiger charge is 2.01. The molecule has 0 unspecified atom stereocenters. The minimum atomic E-state index is 0.516. The highest BCUT2D eigenvalue weighted by molar-refractivity contribution is 5.01. The first kappa shape index (κ1) is 9.26. The molecule has 3 heteroatoms. The molecule has 1 rings (SSSR count). The van der Waals surface area contributed by atoms with Gasteiger partial charge in [0.15, 0.2) is 0 Å². The van der Waals surface area contributed by atoms with Crippen molar-refractivity contribution in [3.63, 3.8) is 0 Å². The van der Waals surface area contributed by atoms with E-state index in [9.17, 15) is 0 Å². The smallest absolute Gasteiger partial charge is 0.122 e. The van der Waals surface area contributed by atoms with Gasteiger partial charge in [-0.25, -0.2) is 4.98 Å². The second-order valence-corrected chi connectivity index (χ2v) is 3.45. The Morgan fingerprint density at radius 1 is 1.58 bits per heavy atom. The molecule has 0 fully saturated rings. The molecule has 0 radical (unpaired) electrons. The summed E-state index contributed by atoms with van der Waals surface area (Å²) in [6, 6.07) is 0.516. The van der Waals surface area contributed by atoms with Gasteiger partial charge in [0.1, 0.15) is 5.82 Å². The number of rotatable bonds is 3. The Morgan fingerprint density at radius 2 is 2.25 bits per heavy atom. The van der Waals surface area contributed by atoms with Gasteiger partial charge in [-0.15, -0.1) is 0 Å². The van der Waals surface area contributed by atoms with Crippen LogP contribution in [-0.4, -0.2) is 15.6 Å². The molecule has 0 spiro atoms. The summed E-state index contributed by atoms with van der Waals surface area (Å²) in [6.45, 7) is 7.13. The number of aryl methyl sites for hydroxylation is 2. The van der Waals surface area contributed by atoms with Crippen LogP contribution in [0.3, 0.4) is 0 Å². The summed E-state index contributed by atoms with van der Waals surface area (Å²) in [5, 5.41) is 3.33. The maximum atomic E-state index is 4.38. The van der Waals surface area contributed by atoms with Crippen LogP contribution in [0.2, 0.25) is 0 Å². The van der Waals surface area contributed by atoms with Crippen molar-refractivity contribution >= 4 is 0 Å². The molecule has 68 valence electrons. The second kappa shape index (κ2) is 3.72. The predicted octanol–water partition coefficient (Wildman–Crippen LogP) is 1.23. The van der Waals surface area contributed by atoms with Crippen molar-refractivity contribution in [3.05, 3.63) is 17.7 Å². The van der Waals surface area contributed by atoms with E-state index >= 15 is 0 Å². The summed E-state index contributed by atoms with van der Waals surface area (Å²) in [4.78, 5) is 4.38. The van der Waals surface area contributed by atoms with Gasteiger partial charge in [0.25, 0.3) is 0 Å². The molecule has 0 aliphatic carbocycles. The van der Waals surface area contributed by atoms with Crippen molar-refractivity contribution in [2.75, 3.05) is 0 Å². The van der Waals surface area contributed by atoms with Gasteiger partial charge in [-0.2, -0.15) is 0 Å². The molecule has 0 bridgehead atoms. The third-order valence-corrected chi connectivity index (χ3v) is 1.76. The van der Waals surface area contributed by atoms with E-state index in [2.05, 4.69) is 28.7 Å². The van der Waals surface area contributed by atoms with E-state index in [1.165, 1.54) is 0 Å². The largest absolute Gasteiger partial charge is 0.337 e. The summed E-state index contributed by atoms with van der Waals surface area (Å²) in [6.07, 6.45) is 2.04. The molecule has 0 saturated heterocycles. The molecule has 3 nitrogen and oxygen atoms in total. The topological polar surface area (TPSA) is 29.9 Å². The average molecular weight is 167 g/mol. The van der Waals surface area contributed by atoms with Gasteiger partial charge in [0, 0.05) is 19.3 Å². The van der Waals surface area contributed by atoms with Gasteiger partial charge in [0.05, 0.1) is 12.2 Å². The van der Waals surface area contributed by atoms with Crippen LogP contribution in [0, 0.1) is 6.92 Å². The van der Waals surface area contributed by atoms with Crippen LogP contribution in [0.25, 0.3) is 0 Å². The standard InChI is InChI=1S/C9H17N3/c1-7(2)10-5-9-11-8(3)6-12(9)4/h6-7,10H,5H2,1-4H3. The molecule has 0 saturated carbocycles. The Bertz CT molecular complexity index is 250. The molecule has 0 aromatic carbocycles. The van der Waals surface area contributed by atoms with E-state index in [1.807, 2.05) is 20.2 Å². The van der Waals surface area contributed by atoms with Crippen molar-refractivity contribution < 1.29 is 0 Å². The van der Waals surface area contributed by atoms with Gasteiger partial charge in [-0.3, -0.25) is 0 Å². The van der Waals surface area contributed by atoms with Crippen LogP contribution < -0.4 is 5.32 Å². The summed E-state index contributed by atoms with van der Waals surface area (Å²) in [5.74, 6) is 1.10. The quantitative estimate of drug-likeness (QED) is 0.733. The Labute approximate surface area is 73.8 Å². The maximum Gasteiger partial charge on any atom is 0.122 e. The molecule has 0 aliphatic heterocycles. The molecule has 1 aromatic heterocycles. The number of hydrogen-bond acceptors (Lipinski definition) is 2. The molecule has 1 N–H and O–H groups in total. The Balaban J connectivity index is 2.57. The number of nitrogens with one attached hydrogen (secondary N) is 1. The maximum absolute atomic E-state index is 4.38. The number of hydrogen-bond donors (Lipinski definition) is 1. The van der Waals surface area contributed by atoms with Gasteiger partial charge in [-0.1, -0.05) is 13.8 Å². The molecule has 0 atom stereocenters. The van der Waals surface area contributed by atoms with Crippen LogP contribution in [0.4, 0.5) is 0 Å². The zero-order chi connectivity index (χ0) is 9.14. The lowest BCUT2D eigenvalue weighted by Gasteiger charge is -2.06. The highest BCUT2D eigenvalue weighted by Crippen LogP contribution is 1.99. The van der Waals surface area contributed by atoms with Crippen molar-refractivity contribution in [2.24, 2.45) is 7.05 Å². The van der Waals surface area contributed by atoms with Gasteiger partial charge < -0.3 is 9.88 Å². The Morgan fingerprint density at radius 3 is 2.67 bits per heavy atom. The Kier molecular flexibility index (Phi) is 2.87. The van der Waals surface area contributed by atoms with E-state index in [0.717, 1.165) is 18.1 Å². The summed E-state index contributed by atoms with van der Waals surface area (Å²) >= 11 is 0. The highest BCUT2D eigenvalue weighted by atomic mass is 15.1. The average Bonchev–Trinajstić information content (AvgIpc) is 2.26. The van der Waals surface area contributed by atoms with Crippen molar-refractivity contribution in [1.29, 1.82) is 0 Å². The van der Waals surface area contributed by atoms with Gasteiger partial charge in [0.2, 0.25) is 0 Å². The summed E-state index contributed by atoms with van der Waals surface area (Å²) in [7, 11) is 2.03. The van der Waals surface area contributed by atoms with E-state index in [0.29, 0.717) is 6.04 Å². The molecule has 1 aromatic rings. The molecule has 1 heterocycles. The predicted molar refractivity (Wildman–Crippen MR) is 49.9 cm³/mol. The lowest BCUT2D eigenvalue weighted by molar-refractivity contribution is 0.561. The first-order valence-electron chi connectivity index (χ1n) is 4.32. The van der Waals surface area contributed by atoms with Crippen molar-refractivity contribution in [1.82, 2.24) is 14.9 Å².